The van der Waals surface area contributed by atoms with Gasteiger partial charge in [0.05, 0.1) is 7.11 Å². The van der Waals surface area contributed by atoms with Crippen molar-refractivity contribution >= 4 is 16.6 Å². The van der Waals surface area contributed by atoms with E-state index in [1.807, 2.05) is 19.2 Å². The molecule has 0 amide bonds. The maximum atomic E-state index is 13.6. The molecule has 2 fully saturated rings. The fourth-order valence-corrected chi connectivity index (χ4v) is 5.19. The molecule has 4 nitrogen and oxygen atoms in total. The molecule has 2 aliphatic rings. The number of rotatable bonds is 7. The van der Waals surface area contributed by atoms with Gasteiger partial charge in [-0.3, -0.25) is 9.69 Å². The van der Waals surface area contributed by atoms with Crippen molar-refractivity contribution in [3.05, 3.63) is 41.5 Å². The normalized spacial score (nSPS) is 23.1. The van der Waals surface area contributed by atoms with Crippen LogP contribution in [0.3, 0.4) is 0 Å². The Hall–Kier alpha value is -1.91. The van der Waals surface area contributed by atoms with Gasteiger partial charge in [0.15, 0.2) is 5.78 Å². The smallest absolute Gasteiger partial charge is 0.167 e. The highest BCUT2D eigenvalue weighted by atomic mass is 16.5. The van der Waals surface area contributed by atoms with Crippen LogP contribution in [0.5, 0.6) is 5.75 Å². The van der Waals surface area contributed by atoms with E-state index in [-0.39, 0.29) is 5.92 Å². The number of carbonyl (C=O) groups excluding carboxylic acids is 1. The van der Waals surface area contributed by atoms with E-state index in [0.717, 1.165) is 66.2 Å². The van der Waals surface area contributed by atoms with Crippen LogP contribution < -0.4 is 10.1 Å². The highest BCUT2D eigenvalue weighted by molar-refractivity contribution is 6.02. The summed E-state index contributed by atoms with van der Waals surface area (Å²) in [7, 11) is 3.65. The van der Waals surface area contributed by atoms with Crippen molar-refractivity contribution in [1.29, 1.82) is 0 Å². The van der Waals surface area contributed by atoms with Crippen LogP contribution in [0.25, 0.3) is 10.8 Å². The van der Waals surface area contributed by atoms with Gasteiger partial charge in [-0.05, 0) is 61.7 Å². The lowest BCUT2D eigenvalue weighted by Crippen LogP contribution is -2.50. The lowest BCUT2D eigenvalue weighted by Gasteiger charge is -2.44. The van der Waals surface area contributed by atoms with Crippen LogP contribution in [-0.4, -0.2) is 44.0 Å². The minimum Gasteiger partial charge on any atom is -0.496 e. The van der Waals surface area contributed by atoms with Gasteiger partial charge in [-0.2, -0.15) is 0 Å². The van der Waals surface area contributed by atoms with Gasteiger partial charge in [-0.25, -0.2) is 0 Å². The summed E-state index contributed by atoms with van der Waals surface area (Å²) in [5, 5.41) is 5.49. The highest BCUT2D eigenvalue weighted by Gasteiger charge is 2.37. The van der Waals surface area contributed by atoms with Gasteiger partial charge in [0, 0.05) is 36.2 Å². The zero-order chi connectivity index (χ0) is 20.4. The van der Waals surface area contributed by atoms with Crippen molar-refractivity contribution in [3.63, 3.8) is 0 Å². The number of methoxy groups -OCH3 is 1. The molecule has 29 heavy (non-hydrogen) atoms. The maximum Gasteiger partial charge on any atom is 0.167 e. The maximum absolute atomic E-state index is 13.6. The van der Waals surface area contributed by atoms with Gasteiger partial charge in [-0.15, -0.1) is 0 Å². The SMILES string of the molecule is CC[C@@H]1CCN(C2CCC2)C[C@H]1C(=O)c1ccc2c(CNC)c(OC)ccc2c1. The van der Waals surface area contributed by atoms with Gasteiger partial charge in [-0.1, -0.05) is 38.0 Å². The lowest BCUT2D eigenvalue weighted by atomic mass is 9.77. The largest absolute Gasteiger partial charge is 0.496 e. The molecule has 1 N–H and O–H groups in total. The zero-order valence-electron chi connectivity index (χ0n) is 18.0. The highest BCUT2D eigenvalue weighted by Crippen LogP contribution is 2.35. The standard InChI is InChI=1S/C25H34N2O2/c1-4-17-12-13-27(20-6-5-7-20)16-23(17)25(28)19-8-10-21-18(14-19)9-11-24(29-3)22(21)15-26-2/h8-11,14,17,20,23,26H,4-7,12-13,15-16H2,1-3H3/t17-,23-/m1/s1. The zero-order valence-corrected chi connectivity index (χ0v) is 18.0. The molecule has 156 valence electrons. The van der Waals surface area contributed by atoms with Crippen LogP contribution in [0.1, 0.15) is 54.9 Å². The Balaban J connectivity index is 1.63. The van der Waals surface area contributed by atoms with E-state index in [1.165, 1.54) is 19.3 Å². The van der Waals surface area contributed by atoms with Crippen molar-refractivity contribution < 1.29 is 9.53 Å². The average Bonchev–Trinajstić information content (AvgIpc) is 2.72. The van der Waals surface area contributed by atoms with Gasteiger partial charge in [0.2, 0.25) is 0 Å². The quantitative estimate of drug-likeness (QED) is 0.694. The molecular weight excluding hydrogens is 360 g/mol. The van der Waals surface area contributed by atoms with Crippen LogP contribution in [0.15, 0.2) is 30.3 Å². The van der Waals surface area contributed by atoms with E-state index in [2.05, 4.69) is 35.3 Å². The summed E-state index contributed by atoms with van der Waals surface area (Å²) in [5.41, 5.74) is 2.00. The molecule has 4 heteroatoms. The van der Waals surface area contributed by atoms with Gasteiger partial charge in [0.1, 0.15) is 5.75 Å². The van der Waals surface area contributed by atoms with E-state index in [4.69, 9.17) is 4.74 Å². The first-order valence-corrected chi connectivity index (χ1v) is 11.2. The molecule has 0 bridgehead atoms. The fraction of sp³-hybridized carbons (Fsp3) is 0.560. The van der Waals surface area contributed by atoms with Gasteiger partial charge < -0.3 is 10.1 Å². The van der Waals surface area contributed by atoms with E-state index in [9.17, 15) is 4.79 Å². The second-order valence-electron chi connectivity index (χ2n) is 8.72. The van der Waals surface area contributed by atoms with Crippen molar-refractivity contribution in [2.45, 2.75) is 51.6 Å². The number of Topliss-reactive ketones (excluding diaryl/α,β-unsaturated/α-hetero) is 1. The molecule has 1 aliphatic heterocycles. The Morgan fingerprint density at radius 2 is 2.03 bits per heavy atom. The van der Waals surface area contributed by atoms with Gasteiger partial charge >= 0.3 is 0 Å². The monoisotopic (exact) mass is 394 g/mol. The summed E-state index contributed by atoms with van der Waals surface area (Å²) in [5.74, 6) is 1.85. The predicted octanol–water partition coefficient (Wildman–Crippen LogP) is 4.65. The molecule has 2 aromatic carbocycles. The lowest BCUT2D eigenvalue weighted by molar-refractivity contribution is 0.0401. The summed E-state index contributed by atoms with van der Waals surface area (Å²) in [6.45, 7) is 5.08. The van der Waals surface area contributed by atoms with Crippen LogP contribution in [-0.2, 0) is 6.54 Å². The summed E-state index contributed by atoms with van der Waals surface area (Å²) < 4.78 is 5.55. The summed E-state index contributed by atoms with van der Waals surface area (Å²) in [6.07, 6.45) is 6.21. The third-order valence-electron chi connectivity index (χ3n) is 7.19. The van der Waals surface area contributed by atoms with Crippen LogP contribution in [0.2, 0.25) is 0 Å². The molecule has 1 heterocycles. The predicted molar refractivity (Wildman–Crippen MR) is 119 cm³/mol. The van der Waals surface area contributed by atoms with Gasteiger partial charge in [0.25, 0.3) is 0 Å². The number of carbonyl (C=O) groups is 1. The minimum absolute atomic E-state index is 0.127. The molecule has 1 aliphatic carbocycles. The molecule has 0 aromatic heterocycles. The van der Waals surface area contributed by atoms with Crippen molar-refractivity contribution in [1.82, 2.24) is 10.2 Å². The van der Waals surface area contributed by atoms with E-state index in [1.54, 1.807) is 7.11 Å². The summed E-state index contributed by atoms with van der Waals surface area (Å²) in [4.78, 5) is 16.1. The number of fused-ring (bicyclic) bond motifs is 1. The molecule has 1 saturated heterocycles. The molecule has 0 spiro atoms. The Kier molecular flexibility index (Phi) is 6.21. The number of nitrogens with zero attached hydrogens (tertiary/aromatic N) is 1. The first-order valence-electron chi connectivity index (χ1n) is 11.2. The molecule has 4 rings (SSSR count). The molecule has 0 radical (unpaired) electrons. The summed E-state index contributed by atoms with van der Waals surface area (Å²) >= 11 is 0. The Labute approximate surface area is 174 Å². The molecular formula is C25H34N2O2. The van der Waals surface area contributed by atoms with E-state index in [0.29, 0.717) is 11.7 Å². The Morgan fingerprint density at radius 3 is 2.69 bits per heavy atom. The van der Waals surface area contributed by atoms with E-state index >= 15 is 0 Å². The number of piperidine rings is 1. The number of hydrogen-bond acceptors (Lipinski definition) is 4. The summed E-state index contributed by atoms with van der Waals surface area (Å²) in [6, 6.07) is 11.0. The second kappa shape index (κ2) is 8.85. The van der Waals surface area contributed by atoms with Crippen LogP contribution in [0, 0.1) is 11.8 Å². The second-order valence-corrected chi connectivity index (χ2v) is 8.72. The number of nitrogens with one attached hydrogen (secondary N) is 1. The first-order chi connectivity index (χ1) is 14.2. The number of benzene rings is 2. The first kappa shape index (κ1) is 20.4. The number of hydrogen-bond donors (Lipinski definition) is 1. The minimum atomic E-state index is 0.127. The number of ketones is 1. The van der Waals surface area contributed by atoms with Crippen molar-refractivity contribution in [2.24, 2.45) is 11.8 Å². The van der Waals surface area contributed by atoms with E-state index < -0.39 is 0 Å². The Morgan fingerprint density at radius 1 is 1.21 bits per heavy atom. The third-order valence-corrected chi connectivity index (χ3v) is 7.19. The number of likely N-dealkylation sites (tertiary alicyclic amines) is 1. The van der Waals surface area contributed by atoms with Crippen LogP contribution >= 0.6 is 0 Å². The molecule has 2 aromatic rings. The van der Waals surface area contributed by atoms with Crippen molar-refractivity contribution in [2.75, 3.05) is 27.2 Å². The molecule has 0 unspecified atom stereocenters. The molecule has 2 atom stereocenters. The number of ether oxygens (including phenoxy) is 1. The van der Waals surface area contributed by atoms with Crippen LogP contribution in [0.4, 0.5) is 0 Å². The fourth-order valence-electron chi connectivity index (χ4n) is 5.19. The Bertz CT molecular complexity index is 874. The third kappa shape index (κ3) is 3.93. The average molecular weight is 395 g/mol. The van der Waals surface area contributed by atoms with Crippen molar-refractivity contribution in [3.8, 4) is 5.75 Å². The molecule has 1 saturated carbocycles. The topological polar surface area (TPSA) is 41.6 Å².